The van der Waals surface area contributed by atoms with Crippen LogP contribution in [-0.4, -0.2) is 47.5 Å². The third kappa shape index (κ3) is 2.04. The average molecular weight is 347 g/mol. The summed E-state index contributed by atoms with van der Waals surface area (Å²) in [6.45, 7) is -3.66. The molecule has 0 aliphatic carbocycles. The second kappa shape index (κ2) is 4.07. The van der Waals surface area contributed by atoms with Crippen molar-refractivity contribution in [2.45, 2.75) is 36.0 Å². The van der Waals surface area contributed by atoms with E-state index in [-0.39, 0.29) is 0 Å². The first-order valence-electron chi connectivity index (χ1n) is 4.57. The lowest BCUT2D eigenvalue weighted by molar-refractivity contribution is -0.511. The summed E-state index contributed by atoms with van der Waals surface area (Å²) in [6.07, 6.45) is -6.06. The number of halogens is 13. The molecule has 0 unspecified atom stereocenters. The maximum atomic E-state index is 12.9. The molecule has 1 aliphatic rings. The van der Waals surface area contributed by atoms with Gasteiger partial charge in [-0.05, 0) is 0 Å². The van der Waals surface area contributed by atoms with Crippen molar-refractivity contribution in [3.05, 3.63) is 0 Å². The molecule has 1 rings (SSSR count). The fourth-order valence-electron chi connectivity index (χ4n) is 1.47. The molecule has 0 aromatic carbocycles. The smallest absolute Gasteiger partial charge is 0.192 e. The second-order valence-corrected chi connectivity index (χ2v) is 4.01. The fraction of sp³-hybridized carbons (Fsp3) is 1.00. The van der Waals surface area contributed by atoms with Crippen LogP contribution in [0.5, 0.6) is 0 Å². The van der Waals surface area contributed by atoms with Crippen LogP contribution in [0.25, 0.3) is 0 Å². The maximum absolute atomic E-state index is 12.9. The fourth-order valence-corrected chi connectivity index (χ4v) is 1.47. The minimum Gasteiger partial charge on any atom is -0.192 e. The van der Waals surface area contributed by atoms with E-state index in [1.54, 1.807) is 0 Å². The Morgan fingerprint density at radius 2 is 0.857 bits per heavy atom. The van der Waals surface area contributed by atoms with Crippen LogP contribution in [0.4, 0.5) is 57.1 Å². The molecular weight excluding hydrogens is 345 g/mol. The summed E-state index contributed by atoms with van der Waals surface area (Å²) in [7, 11) is 0. The number of nitrogens with zero attached hydrogens (tertiary/aromatic N) is 1. The normalized spacial score (nSPS) is 30.1. The van der Waals surface area contributed by atoms with E-state index in [1.165, 1.54) is 0 Å². The Morgan fingerprint density at radius 3 is 1.10 bits per heavy atom. The Balaban J connectivity index is 3.58. The first kappa shape index (κ1) is 18.1. The summed E-state index contributed by atoms with van der Waals surface area (Å²) >= 11 is 0. The van der Waals surface area contributed by atoms with Gasteiger partial charge in [-0.25, -0.2) is 0 Å². The van der Waals surface area contributed by atoms with E-state index < -0.39 is 47.5 Å². The molecule has 126 valence electrons. The minimum absolute atomic E-state index is 2.97. The van der Waals surface area contributed by atoms with Crippen LogP contribution in [0.1, 0.15) is 0 Å². The van der Waals surface area contributed by atoms with Crippen molar-refractivity contribution in [3.63, 3.8) is 0 Å². The van der Waals surface area contributed by atoms with Crippen molar-refractivity contribution >= 4 is 0 Å². The van der Waals surface area contributed by atoms with Gasteiger partial charge >= 0.3 is 36.0 Å². The zero-order valence-corrected chi connectivity index (χ0v) is 9.07. The van der Waals surface area contributed by atoms with Gasteiger partial charge in [0.25, 0.3) is 0 Å². The summed E-state index contributed by atoms with van der Waals surface area (Å²) in [4.78, 5) is -2.97. The molecule has 0 spiro atoms. The van der Waals surface area contributed by atoms with E-state index >= 15 is 0 Å². The van der Waals surface area contributed by atoms with Crippen molar-refractivity contribution in [2.75, 3.05) is 6.54 Å². The topological polar surface area (TPSA) is 3.24 Å². The van der Waals surface area contributed by atoms with Crippen LogP contribution < -0.4 is 0 Å². The van der Waals surface area contributed by atoms with Gasteiger partial charge < -0.3 is 0 Å². The average Bonchev–Trinajstić information content (AvgIpc) is 2.22. The van der Waals surface area contributed by atoms with E-state index in [9.17, 15) is 57.1 Å². The largest absolute Gasteiger partial charge is 0.401 e. The van der Waals surface area contributed by atoms with Crippen molar-refractivity contribution in [3.8, 4) is 0 Å². The molecule has 0 bridgehead atoms. The molecule has 0 radical (unpaired) electrons. The van der Waals surface area contributed by atoms with Gasteiger partial charge in [-0.15, -0.1) is 0 Å². The molecule has 1 nitrogen and oxygen atoms in total. The molecule has 1 fully saturated rings. The molecule has 1 saturated heterocycles. The molecule has 1 heterocycles. The van der Waals surface area contributed by atoms with Crippen LogP contribution >= 0.6 is 0 Å². The highest BCUT2D eigenvalue weighted by Gasteiger charge is 2.95. The lowest BCUT2D eigenvalue weighted by Gasteiger charge is -2.51. The molecule has 0 aromatic heterocycles. The number of alkyl halides is 13. The molecule has 21 heavy (non-hydrogen) atoms. The van der Waals surface area contributed by atoms with Gasteiger partial charge in [0, 0.05) is 0 Å². The maximum Gasteiger partial charge on any atom is 0.401 e. The van der Waals surface area contributed by atoms with Crippen molar-refractivity contribution < 1.29 is 57.1 Å². The second-order valence-electron chi connectivity index (χ2n) is 4.01. The van der Waals surface area contributed by atoms with E-state index in [4.69, 9.17) is 0 Å². The Morgan fingerprint density at radius 1 is 0.571 bits per heavy atom. The van der Waals surface area contributed by atoms with Gasteiger partial charge in [-0.2, -0.15) is 62.0 Å². The Hall–Kier alpha value is -0.950. The number of piperidine rings is 1. The highest BCUT2D eigenvalue weighted by molar-refractivity contribution is 5.14. The van der Waals surface area contributed by atoms with E-state index in [1.807, 2.05) is 0 Å². The van der Waals surface area contributed by atoms with E-state index in [2.05, 4.69) is 0 Å². The molecule has 0 atom stereocenters. The number of likely N-dealkylation sites (tertiary alicyclic amines) is 1. The lowest BCUT2D eigenvalue weighted by atomic mass is 9.93. The van der Waals surface area contributed by atoms with Crippen molar-refractivity contribution in [1.29, 1.82) is 0 Å². The Bertz CT molecular complexity index is 391. The van der Waals surface area contributed by atoms with Crippen molar-refractivity contribution in [2.24, 2.45) is 0 Å². The molecular formula is C7H2F13N. The van der Waals surface area contributed by atoms with Crippen molar-refractivity contribution in [1.82, 2.24) is 4.90 Å². The van der Waals surface area contributed by atoms with Crippen LogP contribution in [0.3, 0.4) is 0 Å². The van der Waals surface area contributed by atoms with Gasteiger partial charge in [0.2, 0.25) is 0 Å². The molecule has 14 heteroatoms. The SMILES string of the molecule is FC(F)(F)CN1C(F)(F)C(F)(F)C(F)(F)C(F)(F)C1(F)F. The monoisotopic (exact) mass is 347 g/mol. The quantitative estimate of drug-likeness (QED) is 0.513. The van der Waals surface area contributed by atoms with E-state index in [0.29, 0.717) is 0 Å². The van der Waals surface area contributed by atoms with Gasteiger partial charge in [0.1, 0.15) is 6.54 Å². The van der Waals surface area contributed by atoms with E-state index in [0.717, 1.165) is 0 Å². The molecule has 0 N–H and O–H groups in total. The van der Waals surface area contributed by atoms with Crippen LogP contribution in [-0.2, 0) is 0 Å². The standard InChI is InChI=1S/C7H2F13N/c8-2(9,10)1-21-6(17,18)4(13,14)3(11,12)5(15,16)7(21,19)20/h1H2. The molecule has 0 amide bonds. The summed E-state index contributed by atoms with van der Waals surface area (Å²) < 4.78 is 163. The summed E-state index contributed by atoms with van der Waals surface area (Å²) in [5, 5.41) is 0. The first-order chi connectivity index (χ1) is 8.84. The third-order valence-corrected chi connectivity index (χ3v) is 2.56. The number of rotatable bonds is 1. The van der Waals surface area contributed by atoms with Gasteiger partial charge in [0.15, 0.2) is 0 Å². The minimum atomic E-state index is -7.28. The predicted octanol–water partition coefficient (Wildman–Crippen LogP) is 3.96. The van der Waals surface area contributed by atoms with Crippen LogP contribution in [0, 0.1) is 0 Å². The molecule has 0 aromatic rings. The lowest BCUT2D eigenvalue weighted by Crippen LogP contribution is -2.82. The highest BCUT2D eigenvalue weighted by Crippen LogP contribution is 2.64. The Labute approximate surface area is 106 Å². The number of hydrogen-bond donors (Lipinski definition) is 0. The van der Waals surface area contributed by atoms with Crippen LogP contribution in [0.15, 0.2) is 0 Å². The predicted molar refractivity (Wildman–Crippen MR) is 37.5 cm³/mol. The van der Waals surface area contributed by atoms with Gasteiger partial charge in [0.05, 0.1) is 0 Å². The van der Waals surface area contributed by atoms with Crippen LogP contribution in [0.2, 0.25) is 0 Å². The third-order valence-electron chi connectivity index (χ3n) is 2.56. The molecule has 0 saturated carbocycles. The zero-order valence-electron chi connectivity index (χ0n) is 9.07. The number of hydrogen-bond acceptors (Lipinski definition) is 1. The summed E-state index contributed by atoms with van der Waals surface area (Å²) in [5.41, 5.74) is 0. The summed E-state index contributed by atoms with van der Waals surface area (Å²) in [6, 6.07) is -13.8. The zero-order chi connectivity index (χ0) is 17.3. The van der Waals surface area contributed by atoms with Gasteiger partial charge in [-0.1, -0.05) is 0 Å². The van der Waals surface area contributed by atoms with Gasteiger partial charge in [-0.3, -0.25) is 0 Å². The molecule has 1 aliphatic heterocycles. The Kier molecular flexibility index (Phi) is 3.51. The highest BCUT2D eigenvalue weighted by atomic mass is 19.4. The first-order valence-corrected chi connectivity index (χ1v) is 4.57. The summed E-state index contributed by atoms with van der Waals surface area (Å²) in [5.74, 6) is -21.6.